The summed E-state index contributed by atoms with van der Waals surface area (Å²) in [6.45, 7) is 11.7. The monoisotopic (exact) mass is 267 g/mol. The molecule has 0 fully saturated rings. The van der Waals surface area contributed by atoms with E-state index in [1.54, 1.807) is 22.0 Å². The Hall–Kier alpha value is -1.52. The minimum Gasteiger partial charge on any atom is -0.407 e. The lowest BCUT2D eigenvalue weighted by Crippen LogP contribution is -2.34. The fourth-order valence-electron chi connectivity index (χ4n) is 1.73. The van der Waals surface area contributed by atoms with Crippen LogP contribution in [0.15, 0.2) is 12.4 Å². The van der Waals surface area contributed by atoms with E-state index in [9.17, 15) is 4.79 Å². The first kappa shape index (κ1) is 15.5. The van der Waals surface area contributed by atoms with Crippen LogP contribution in [0.25, 0.3) is 0 Å². The molecule has 0 aliphatic carbocycles. The van der Waals surface area contributed by atoms with Gasteiger partial charge in [0.15, 0.2) is 5.75 Å². The molecule has 0 bridgehead atoms. The van der Waals surface area contributed by atoms with Crippen molar-refractivity contribution in [3.05, 3.63) is 12.4 Å². The number of carbonyl (C=O) groups is 1. The largest absolute Gasteiger partial charge is 0.415 e. The molecular formula is C14H25N3O2. The van der Waals surface area contributed by atoms with Gasteiger partial charge in [-0.05, 0) is 33.6 Å². The van der Waals surface area contributed by atoms with Gasteiger partial charge in [-0.2, -0.15) is 5.10 Å². The van der Waals surface area contributed by atoms with Gasteiger partial charge >= 0.3 is 6.09 Å². The van der Waals surface area contributed by atoms with Crippen LogP contribution in [0.5, 0.6) is 5.75 Å². The van der Waals surface area contributed by atoms with Crippen molar-refractivity contribution < 1.29 is 9.53 Å². The minimum absolute atomic E-state index is 0.114. The van der Waals surface area contributed by atoms with Crippen LogP contribution in [-0.2, 0) is 5.54 Å². The van der Waals surface area contributed by atoms with Crippen LogP contribution in [0.4, 0.5) is 4.79 Å². The first-order valence-corrected chi connectivity index (χ1v) is 6.90. The predicted molar refractivity (Wildman–Crippen MR) is 75.4 cm³/mol. The molecule has 0 radical (unpaired) electrons. The maximum absolute atomic E-state index is 12.0. The van der Waals surface area contributed by atoms with E-state index in [1.807, 2.05) is 34.6 Å². The van der Waals surface area contributed by atoms with Crippen LogP contribution in [0, 0.1) is 0 Å². The van der Waals surface area contributed by atoms with Crippen LogP contribution >= 0.6 is 0 Å². The normalized spacial score (nSPS) is 11.4. The molecule has 0 saturated carbocycles. The number of hydrogen-bond acceptors (Lipinski definition) is 3. The lowest BCUT2D eigenvalue weighted by molar-refractivity contribution is 0.152. The molecule has 0 aliphatic rings. The van der Waals surface area contributed by atoms with E-state index >= 15 is 0 Å². The maximum Gasteiger partial charge on any atom is 0.415 e. The zero-order valence-electron chi connectivity index (χ0n) is 12.6. The van der Waals surface area contributed by atoms with Crippen molar-refractivity contribution in [1.29, 1.82) is 0 Å². The lowest BCUT2D eigenvalue weighted by Gasteiger charge is -2.20. The molecule has 1 aromatic heterocycles. The van der Waals surface area contributed by atoms with Crippen molar-refractivity contribution in [3.8, 4) is 5.75 Å². The van der Waals surface area contributed by atoms with Gasteiger partial charge in [0.1, 0.15) is 0 Å². The van der Waals surface area contributed by atoms with Gasteiger partial charge in [-0.3, -0.25) is 4.68 Å². The highest BCUT2D eigenvalue weighted by Gasteiger charge is 2.18. The number of carbonyl (C=O) groups excluding carboxylic acids is 1. The molecule has 19 heavy (non-hydrogen) atoms. The van der Waals surface area contributed by atoms with Gasteiger partial charge < -0.3 is 9.64 Å². The first-order chi connectivity index (χ1) is 8.88. The summed E-state index contributed by atoms with van der Waals surface area (Å²) in [5, 5.41) is 4.21. The fourth-order valence-corrected chi connectivity index (χ4v) is 1.73. The summed E-state index contributed by atoms with van der Waals surface area (Å²) in [4.78, 5) is 13.7. The summed E-state index contributed by atoms with van der Waals surface area (Å²) >= 11 is 0. The van der Waals surface area contributed by atoms with Crippen LogP contribution < -0.4 is 4.74 Å². The van der Waals surface area contributed by atoms with E-state index in [-0.39, 0.29) is 11.6 Å². The summed E-state index contributed by atoms with van der Waals surface area (Å²) in [5.74, 6) is 0.497. The summed E-state index contributed by atoms with van der Waals surface area (Å²) < 4.78 is 7.15. The van der Waals surface area contributed by atoms with Crippen LogP contribution in [0.2, 0.25) is 0 Å². The zero-order valence-corrected chi connectivity index (χ0v) is 12.6. The van der Waals surface area contributed by atoms with Gasteiger partial charge in [0.05, 0.1) is 17.9 Å². The fraction of sp³-hybridized carbons (Fsp3) is 0.714. The van der Waals surface area contributed by atoms with Crippen LogP contribution in [-0.4, -0.2) is 33.9 Å². The third kappa shape index (κ3) is 4.58. The highest BCUT2D eigenvalue weighted by atomic mass is 16.6. The third-order valence-electron chi connectivity index (χ3n) is 2.70. The van der Waals surface area contributed by atoms with E-state index in [0.717, 1.165) is 25.9 Å². The van der Waals surface area contributed by atoms with E-state index in [4.69, 9.17) is 4.74 Å². The second kappa shape index (κ2) is 6.59. The number of nitrogens with zero attached hydrogens (tertiary/aromatic N) is 3. The molecular weight excluding hydrogens is 242 g/mol. The Morgan fingerprint density at radius 3 is 2.32 bits per heavy atom. The molecule has 0 N–H and O–H groups in total. The molecule has 0 spiro atoms. The Morgan fingerprint density at radius 1 is 1.32 bits per heavy atom. The molecule has 0 unspecified atom stereocenters. The second-order valence-electron chi connectivity index (χ2n) is 5.65. The van der Waals surface area contributed by atoms with Crippen molar-refractivity contribution in [2.75, 3.05) is 13.1 Å². The Balaban J connectivity index is 2.67. The van der Waals surface area contributed by atoms with E-state index < -0.39 is 0 Å². The van der Waals surface area contributed by atoms with E-state index in [2.05, 4.69) is 5.10 Å². The molecule has 0 aromatic carbocycles. The smallest absolute Gasteiger partial charge is 0.407 e. The van der Waals surface area contributed by atoms with Gasteiger partial charge in [0.2, 0.25) is 0 Å². The average Bonchev–Trinajstić information content (AvgIpc) is 2.77. The number of aromatic nitrogens is 2. The van der Waals surface area contributed by atoms with Crippen molar-refractivity contribution in [3.63, 3.8) is 0 Å². The quantitative estimate of drug-likeness (QED) is 0.822. The van der Waals surface area contributed by atoms with Gasteiger partial charge in [-0.15, -0.1) is 0 Å². The second-order valence-corrected chi connectivity index (χ2v) is 5.65. The molecule has 1 amide bonds. The van der Waals surface area contributed by atoms with Gasteiger partial charge in [0.25, 0.3) is 0 Å². The molecule has 5 heteroatoms. The van der Waals surface area contributed by atoms with Crippen molar-refractivity contribution >= 4 is 6.09 Å². The SMILES string of the molecule is CCCN(CCC)C(=O)Oc1cnn(C(C)(C)C)c1. The van der Waals surface area contributed by atoms with E-state index in [1.165, 1.54) is 0 Å². The number of amides is 1. The van der Waals surface area contributed by atoms with Gasteiger partial charge in [0, 0.05) is 13.1 Å². The van der Waals surface area contributed by atoms with Crippen molar-refractivity contribution in [2.45, 2.75) is 53.0 Å². The summed E-state index contributed by atoms with van der Waals surface area (Å²) in [6.07, 6.45) is 4.90. The first-order valence-electron chi connectivity index (χ1n) is 6.90. The number of ether oxygens (including phenoxy) is 1. The van der Waals surface area contributed by atoms with Crippen molar-refractivity contribution in [1.82, 2.24) is 14.7 Å². The molecule has 0 aliphatic heterocycles. The summed E-state index contributed by atoms with van der Waals surface area (Å²) in [5.41, 5.74) is -0.114. The zero-order chi connectivity index (χ0) is 14.5. The van der Waals surface area contributed by atoms with Crippen LogP contribution in [0.3, 0.4) is 0 Å². The van der Waals surface area contributed by atoms with E-state index in [0.29, 0.717) is 5.75 Å². The molecule has 1 rings (SSSR count). The Labute approximate surface area is 115 Å². The Kier molecular flexibility index (Phi) is 5.39. The molecule has 0 atom stereocenters. The number of rotatable bonds is 5. The van der Waals surface area contributed by atoms with Gasteiger partial charge in [-0.25, -0.2) is 4.79 Å². The standard InChI is InChI=1S/C14H25N3O2/c1-6-8-16(9-7-2)13(18)19-12-10-15-17(11-12)14(3,4)5/h10-11H,6-9H2,1-5H3. The third-order valence-corrected chi connectivity index (χ3v) is 2.70. The summed E-state index contributed by atoms with van der Waals surface area (Å²) in [6, 6.07) is 0. The van der Waals surface area contributed by atoms with Gasteiger partial charge in [-0.1, -0.05) is 13.8 Å². The Bertz CT molecular complexity index is 401. The molecule has 108 valence electrons. The van der Waals surface area contributed by atoms with Crippen molar-refractivity contribution in [2.24, 2.45) is 0 Å². The topological polar surface area (TPSA) is 47.4 Å². The average molecular weight is 267 g/mol. The lowest BCUT2D eigenvalue weighted by atomic mass is 10.1. The molecule has 0 saturated heterocycles. The maximum atomic E-state index is 12.0. The van der Waals surface area contributed by atoms with Crippen LogP contribution in [0.1, 0.15) is 47.5 Å². The summed E-state index contributed by atoms with van der Waals surface area (Å²) in [7, 11) is 0. The number of hydrogen-bond donors (Lipinski definition) is 0. The highest BCUT2D eigenvalue weighted by molar-refractivity contribution is 5.70. The minimum atomic E-state index is -0.294. The predicted octanol–water partition coefficient (Wildman–Crippen LogP) is 3.26. The molecule has 1 aromatic rings. The molecule has 1 heterocycles. The Morgan fingerprint density at radius 2 is 1.89 bits per heavy atom. The molecule has 5 nitrogen and oxygen atoms in total. The highest BCUT2D eigenvalue weighted by Crippen LogP contribution is 2.18.